The molecule has 0 spiro atoms. The van der Waals surface area contributed by atoms with Crippen LogP contribution in [0.5, 0.6) is 0 Å². The summed E-state index contributed by atoms with van der Waals surface area (Å²) in [6.45, 7) is 0. The van der Waals surface area contributed by atoms with Crippen LogP contribution in [0.25, 0.3) is 0 Å². The Bertz CT molecular complexity index is 690. The molecule has 0 aliphatic heterocycles. The second kappa shape index (κ2) is 5.57. The first-order valence-corrected chi connectivity index (χ1v) is 6.54. The molecule has 0 radical (unpaired) electrons. The third kappa shape index (κ3) is 2.41. The van der Waals surface area contributed by atoms with Gasteiger partial charge in [-0.3, -0.25) is 0 Å². The highest BCUT2D eigenvalue weighted by Gasteiger charge is 2.19. The van der Waals surface area contributed by atoms with Gasteiger partial charge in [-0.15, -0.1) is 0 Å². The van der Waals surface area contributed by atoms with Gasteiger partial charge in [0.1, 0.15) is 0 Å². The molecule has 2 nitrogen and oxygen atoms in total. The zero-order valence-corrected chi connectivity index (χ0v) is 10.9. The lowest BCUT2D eigenvalue weighted by Crippen LogP contribution is -2.14. The lowest BCUT2D eigenvalue weighted by Gasteiger charge is -2.17. The molecule has 0 N–H and O–H groups in total. The molecule has 0 aliphatic carbocycles. The molecule has 0 saturated carbocycles. The van der Waals surface area contributed by atoms with Gasteiger partial charge < -0.3 is 4.42 Å². The molecule has 20 heavy (non-hydrogen) atoms. The SMILES string of the molecule is O=c1occcc1C(c1ccccc1)c1ccccc1. The molecular weight excluding hydrogens is 248 g/mol. The Kier molecular flexibility index (Phi) is 3.46. The van der Waals surface area contributed by atoms with E-state index in [9.17, 15) is 4.79 Å². The van der Waals surface area contributed by atoms with Crippen molar-refractivity contribution in [3.63, 3.8) is 0 Å². The van der Waals surface area contributed by atoms with Crippen molar-refractivity contribution in [2.75, 3.05) is 0 Å². The average molecular weight is 262 g/mol. The first-order chi connectivity index (χ1) is 9.86. The van der Waals surface area contributed by atoms with Gasteiger partial charge in [-0.2, -0.15) is 0 Å². The van der Waals surface area contributed by atoms with Crippen molar-refractivity contribution in [3.05, 3.63) is 106 Å². The van der Waals surface area contributed by atoms with Gasteiger partial charge in [-0.25, -0.2) is 4.79 Å². The van der Waals surface area contributed by atoms with Crippen LogP contribution >= 0.6 is 0 Å². The summed E-state index contributed by atoms with van der Waals surface area (Å²) < 4.78 is 5.03. The molecule has 0 amide bonds. The molecule has 1 heterocycles. The van der Waals surface area contributed by atoms with Crippen molar-refractivity contribution in [2.24, 2.45) is 0 Å². The molecule has 98 valence electrons. The minimum absolute atomic E-state index is 0.102. The summed E-state index contributed by atoms with van der Waals surface area (Å²) in [6.07, 6.45) is 1.42. The fourth-order valence-corrected chi connectivity index (χ4v) is 2.44. The lowest BCUT2D eigenvalue weighted by molar-refractivity contribution is 0.500. The van der Waals surface area contributed by atoms with Crippen LogP contribution in [0.1, 0.15) is 22.6 Å². The molecule has 0 atom stereocenters. The van der Waals surface area contributed by atoms with Crippen LogP contribution in [-0.4, -0.2) is 0 Å². The van der Waals surface area contributed by atoms with Gasteiger partial charge in [0.15, 0.2) is 0 Å². The van der Waals surface area contributed by atoms with E-state index < -0.39 is 0 Å². The first kappa shape index (κ1) is 12.4. The van der Waals surface area contributed by atoms with Gasteiger partial charge in [0.25, 0.3) is 0 Å². The van der Waals surface area contributed by atoms with Gasteiger partial charge >= 0.3 is 5.63 Å². The monoisotopic (exact) mass is 262 g/mol. The van der Waals surface area contributed by atoms with Crippen molar-refractivity contribution in [1.82, 2.24) is 0 Å². The summed E-state index contributed by atoms with van der Waals surface area (Å²) in [7, 11) is 0. The normalized spacial score (nSPS) is 10.7. The van der Waals surface area contributed by atoms with E-state index in [-0.39, 0.29) is 11.5 Å². The van der Waals surface area contributed by atoms with E-state index in [1.807, 2.05) is 66.7 Å². The van der Waals surface area contributed by atoms with E-state index in [4.69, 9.17) is 4.42 Å². The van der Waals surface area contributed by atoms with Crippen molar-refractivity contribution in [1.29, 1.82) is 0 Å². The minimum Gasteiger partial charge on any atom is -0.431 e. The fraction of sp³-hybridized carbons (Fsp3) is 0.0556. The van der Waals surface area contributed by atoms with Crippen LogP contribution in [0.15, 0.2) is 88.3 Å². The van der Waals surface area contributed by atoms with Crippen LogP contribution in [0.2, 0.25) is 0 Å². The molecule has 0 unspecified atom stereocenters. The minimum atomic E-state index is -0.287. The van der Waals surface area contributed by atoms with Crippen molar-refractivity contribution in [3.8, 4) is 0 Å². The van der Waals surface area contributed by atoms with E-state index in [0.29, 0.717) is 5.56 Å². The smallest absolute Gasteiger partial charge is 0.339 e. The topological polar surface area (TPSA) is 30.2 Å². The van der Waals surface area contributed by atoms with Gasteiger partial charge in [0.05, 0.1) is 6.26 Å². The lowest BCUT2D eigenvalue weighted by atomic mass is 9.86. The molecule has 0 bridgehead atoms. The van der Waals surface area contributed by atoms with Crippen LogP contribution in [0, 0.1) is 0 Å². The average Bonchev–Trinajstić information content (AvgIpc) is 2.52. The van der Waals surface area contributed by atoms with Crippen LogP contribution in [-0.2, 0) is 0 Å². The van der Waals surface area contributed by atoms with E-state index in [1.165, 1.54) is 6.26 Å². The summed E-state index contributed by atoms with van der Waals surface area (Å²) >= 11 is 0. The highest BCUT2D eigenvalue weighted by Crippen LogP contribution is 2.29. The second-order valence-electron chi connectivity index (χ2n) is 4.61. The fourth-order valence-electron chi connectivity index (χ4n) is 2.44. The highest BCUT2D eigenvalue weighted by molar-refractivity contribution is 5.41. The molecule has 1 aromatic heterocycles. The van der Waals surface area contributed by atoms with Gasteiger partial charge in [0, 0.05) is 11.5 Å². The number of hydrogen-bond acceptors (Lipinski definition) is 2. The Labute approximate surface area is 117 Å². The Hall–Kier alpha value is -2.61. The van der Waals surface area contributed by atoms with Crippen LogP contribution < -0.4 is 5.63 Å². The maximum atomic E-state index is 12.0. The van der Waals surface area contributed by atoms with Gasteiger partial charge in [-0.05, 0) is 23.3 Å². The summed E-state index contributed by atoms with van der Waals surface area (Å²) in [6, 6.07) is 23.6. The third-order valence-electron chi connectivity index (χ3n) is 3.34. The first-order valence-electron chi connectivity index (χ1n) is 6.54. The Morgan fingerprint density at radius 3 is 1.75 bits per heavy atom. The standard InChI is InChI=1S/C18H14O2/c19-18-16(12-7-13-20-18)17(14-8-3-1-4-9-14)15-10-5-2-6-11-15/h1-13,17H. The predicted molar refractivity (Wildman–Crippen MR) is 78.8 cm³/mol. The zero-order chi connectivity index (χ0) is 13.8. The second-order valence-corrected chi connectivity index (χ2v) is 4.61. The number of hydrogen-bond donors (Lipinski definition) is 0. The van der Waals surface area contributed by atoms with Crippen molar-refractivity contribution in [2.45, 2.75) is 5.92 Å². The van der Waals surface area contributed by atoms with Crippen LogP contribution in [0.3, 0.4) is 0 Å². The Balaban J connectivity index is 2.20. The summed E-state index contributed by atoms with van der Waals surface area (Å²) in [5, 5.41) is 0. The third-order valence-corrected chi connectivity index (χ3v) is 3.34. The molecule has 3 rings (SSSR count). The van der Waals surface area contributed by atoms with Crippen molar-refractivity contribution >= 4 is 0 Å². The van der Waals surface area contributed by atoms with E-state index in [1.54, 1.807) is 6.07 Å². The maximum absolute atomic E-state index is 12.0. The largest absolute Gasteiger partial charge is 0.431 e. The van der Waals surface area contributed by atoms with E-state index in [0.717, 1.165) is 11.1 Å². The molecule has 0 aliphatic rings. The Morgan fingerprint density at radius 2 is 1.25 bits per heavy atom. The maximum Gasteiger partial charge on any atom is 0.339 e. The molecule has 2 heteroatoms. The summed E-state index contributed by atoms with van der Waals surface area (Å²) in [5.41, 5.74) is 2.53. The number of rotatable bonds is 3. The summed E-state index contributed by atoms with van der Waals surface area (Å²) in [5.74, 6) is -0.102. The molecular formula is C18H14O2. The number of benzene rings is 2. The Morgan fingerprint density at radius 1 is 0.700 bits per heavy atom. The molecule has 0 fully saturated rings. The van der Waals surface area contributed by atoms with Crippen LogP contribution in [0.4, 0.5) is 0 Å². The van der Waals surface area contributed by atoms with Gasteiger partial charge in [0.2, 0.25) is 0 Å². The summed E-state index contributed by atoms with van der Waals surface area (Å²) in [4.78, 5) is 12.0. The zero-order valence-electron chi connectivity index (χ0n) is 10.9. The quantitative estimate of drug-likeness (QED) is 0.718. The van der Waals surface area contributed by atoms with Gasteiger partial charge in [-0.1, -0.05) is 60.7 Å². The molecule has 3 aromatic rings. The van der Waals surface area contributed by atoms with E-state index in [2.05, 4.69) is 0 Å². The predicted octanol–water partition coefficient (Wildman–Crippen LogP) is 3.82. The van der Waals surface area contributed by atoms with Crippen molar-refractivity contribution < 1.29 is 4.42 Å². The molecule has 0 saturated heterocycles. The van der Waals surface area contributed by atoms with E-state index >= 15 is 0 Å². The highest BCUT2D eigenvalue weighted by atomic mass is 16.4. The molecule has 2 aromatic carbocycles.